The number of H-pyrrole nitrogens is 1. The molecule has 0 aliphatic carbocycles. The molecule has 1 saturated heterocycles. The lowest BCUT2D eigenvalue weighted by molar-refractivity contribution is 0.209. The Morgan fingerprint density at radius 2 is 2.19 bits per heavy atom. The van der Waals surface area contributed by atoms with Crippen LogP contribution in [0.4, 0.5) is 0 Å². The molecule has 0 bridgehead atoms. The molecule has 1 aliphatic heterocycles. The number of nitrogens with zero attached hydrogens (tertiary/aromatic N) is 1. The lowest BCUT2D eigenvalue weighted by Crippen LogP contribution is -2.41. The maximum absolute atomic E-state index is 3.57. The number of piperidine rings is 1. The van der Waals surface area contributed by atoms with Gasteiger partial charge in [0, 0.05) is 31.5 Å². The number of hydrogen-bond acceptors (Lipinski definition) is 2. The van der Waals surface area contributed by atoms with E-state index in [-0.39, 0.29) is 0 Å². The molecule has 0 saturated carbocycles. The molecule has 2 heterocycles. The predicted octanol–water partition coefficient (Wildman–Crippen LogP) is 1.98. The Labute approximate surface area is 98.2 Å². The van der Waals surface area contributed by atoms with Crippen molar-refractivity contribution >= 4 is 0 Å². The highest BCUT2D eigenvalue weighted by molar-refractivity contribution is 5.07. The zero-order chi connectivity index (χ0) is 11.2. The van der Waals surface area contributed by atoms with E-state index >= 15 is 0 Å². The van der Waals surface area contributed by atoms with E-state index in [9.17, 15) is 0 Å². The van der Waals surface area contributed by atoms with Crippen molar-refractivity contribution in [3.63, 3.8) is 0 Å². The van der Waals surface area contributed by atoms with Gasteiger partial charge in [-0.05, 0) is 44.5 Å². The molecule has 0 radical (unpaired) electrons. The Morgan fingerprint density at radius 3 is 2.88 bits per heavy atom. The second-order valence-corrected chi connectivity index (χ2v) is 4.86. The molecule has 1 aromatic heterocycles. The largest absolute Gasteiger partial charge is 0.367 e. The van der Waals surface area contributed by atoms with E-state index in [2.05, 4.69) is 34.4 Å². The number of aromatic nitrogens is 1. The maximum Gasteiger partial charge on any atom is 0.0223 e. The van der Waals surface area contributed by atoms with Crippen LogP contribution in [-0.2, 0) is 6.54 Å². The third-order valence-electron chi connectivity index (χ3n) is 3.30. The second kappa shape index (κ2) is 6.06. The SMILES string of the molecule is CC(CN1CCCCC1)NCc1cc[nH]c1. The van der Waals surface area contributed by atoms with Crippen molar-refractivity contribution in [2.45, 2.75) is 38.8 Å². The second-order valence-electron chi connectivity index (χ2n) is 4.86. The van der Waals surface area contributed by atoms with Crippen molar-refractivity contribution < 1.29 is 0 Å². The van der Waals surface area contributed by atoms with Crippen LogP contribution in [0.2, 0.25) is 0 Å². The third-order valence-corrected chi connectivity index (χ3v) is 3.30. The van der Waals surface area contributed by atoms with Crippen LogP contribution >= 0.6 is 0 Å². The molecular weight excluding hydrogens is 198 g/mol. The average Bonchev–Trinajstić information content (AvgIpc) is 2.81. The predicted molar refractivity (Wildman–Crippen MR) is 67.4 cm³/mol. The first kappa shape index (κ1) is 11.7. The van der Waals surface area contributed by atoms with Gasteiger partial charge >= 0.3 is 0 Å². The highest BCUT2D eigenvalue weighted by atomic mass is 15.1. The lowest BCUT2D eigenvalue weighted by Gasteiger charge is -2.29. The highest BCUT2D eigenvalue weighted by Crippen LogP contribution is 2.08. The Bertz CT molecular complexity index is 275. The summed E-state index contributed by atoms with van der Waals surface area (Å²) in [6.07, 6.45) is 8.21. The van der Waals surface area contributed by atoms with E-state index in [4.69, 9.17) is 0 Å². The summed E-state index contributed by atoms with van der Waals surface area (Å²) in [6, 6.07) is 2.70. The number of hydrogen-bond donors (Lipinski definition) is 2. The third kappa shape index (κ3) is 3.65. The Kier molecular flexibility index (Phi) is 4.43. The van der Waals surface area contributed by atoms with Gasteiger partial charge in [-0.3, -0.25) is 0 Å². The van der Waals surface area contributed by atoms with Crippen LogP contribution in [0.3, 0.4) is 0 Å². The van der Waals surface area contributed by atoms with Gasteiger partial charge in [-0.2, -0.15) is 0 Å². The van der Waals surface area contributed by atoms with E-state index in [1.165, 1.54) is 44.5 Å². The minimum atomic E-state index is 0.577. The van der Waals surface area contributed by atoms with Gasteiger partial charge in [0.05, 0.1) is 0 Å². The van der Waals surface area contributed by atoms with Crippen molar-refractivity contribution in [2.75, 3.05) is 19.6 Å². The van der Waals surface area contributed by atoms with Crippen molar-refractivity contribution in [3.05, 3.63) is 24.0 Å². The van der Waals surface area contributed by atoms with E-state index in [0.717, 1.165) is 6.54 Å². The summed E-state index contributed by atoms with van der Waals surface area (Å²) in [5, 5.41) is 3.57. The molecular formula is C13H23N3. The normalized spacial score (nSPS) is 19.8. The molecule has 1 fully saturated rings. The highest BCUT2D eigenvalue weighted by Gasteiger charge is 2.12. The molecule has 3 nitrogen and oxygen atoms in total. The van der Waals surface area contributed by atoms with Crippen LogP contribution in [0.1, 0.15) is 31.7 Å². The Balaban J connectivity index is 1.65. The number of nitrogens with one attached hydrogen (secondary N) is 2. The molecule has 0 aromatic carbocycles. The minimum absolute atomic E-state index is 0.577. The summed E-state index contributed by atoms with van der Waals surface area (Å²) in [5.74, 6) is 0. The summed E-state index contributed by atoms with van der Waals surface area (Å²) in [7, 11) is 0. The molecule has 1 aromatic rings. The van der Waals surface area contributed by atoms with Gasteiger partial charge in [0.25, 0.3) is 0 Å². The first-order valence-corrected chi connectivity index (χ1v) is 6.42. The fourth-order valence-electron chi connectivity index (χ4n) is 2.35. The van der Waals surface area contributed by atoms with E-state index in [0.29, 0.717) is 6.04 Å². The van der Waals surface area contributed by atoms with Gasteiger partial charge in [0.2, 0.25) is 0 Å². The standard InChI is InChI=1S/C13H23N3/c1-12(11-16-7-3-2-4-8-16)15-10-13-5-6-14-9-13/h5-6,9,12,14-15H,2-4,7-8,10-11H2,1H3. The maximum atomic E-state index is 3.57. The van der Waals surface area contributed by atoms with Crippen LogP contribution in [0, 0.1) is 0 Å². The molecule has 0 amide bonds. The zero-order valence-electron chi connectivity index (χ0n) is 10.2. The fraction of sp³-hybridized carbons (Fsp3) is 0.692. The molecule has 2 N–H and O–H groups in total. The number of aromatic amines is 1. The van der Waals surface area contributed by atoms with E-state index in [1.54, 1.807) is 0 Å². The van der Waals surface area contributed by atoms with Crippen molar-refractivity contribution in [1.82, 2.24) is 15.2 Å². The van der Waals surface area contributed by atoms with Crippen molar-refractivity contribution in [3.8, 4) is 0 Å². The van der Waals surface area contributed by atoms with Gasteiger partial charge in [-0.25, -0.2) is 0 Å². The van der Waals surface area contributed by atoms with E-state index in [1.807, 2.05) is 6.20 Å². The molecule has 2 rings (SSSR count). The van der Waals surface area contributed by atoms with Crippen LogP contribution in [0.15, 0.2) is 18.5 Å². The van der Waals surface area contributed by atoms with Gasteiger partial charge in [-0.1, -0.05) is 6.42 Å². The summed E-state index contributed by atoms with van der Waals surface area (Å²) >= 11 is 0. The summed E-state index contributed by atoms with van der Waals surface area (Å²) in [6.45, 7) is 7.01. The Morgan fingerprint density at radius 1 is 1.38 bits per heavy atom. The molecule has 16 heavy (non-hydrogen) atoms. The first-order chi connectivity index (χ1) is 7.84. The van der Waals surface area contributed by atoms with Crippen LogP contribution in [-0.4, -0.2) is 35.6 Å². The summed E-state index contributed by atoms with van der Waals surface area (Å²) < 4.78 is 0. The fourth-order valence-corrected chi connectivity index (χ4v) is 2.35. The van der Waals surface area contributed by atoms with Gasteiger partial charge in [0.15, 0.2) is 0 Å². The van der Waals surface area contributed by atoms with Crippen molar-refractivity contribution in [2.24, 2.45) is 0 Å². The smallest absolute Gasteiger partial charge is 0.0223 e. The van der Waals surface area contributed by atoms with Gasteiger partial charge in [0.1, 0.15) is 0 Å². The molecule has 90 valence electrons. The average molecular weight is 221 g/mol. The van der Waals surface area contributed by atoms with Crippen LogP contribution in [0.25, 0.3) is 0 Å². The quantitative estimate of drug-likeness (QED) is 0.796. The van der Waals surface area contributed by atoms with Crippen molar-refractivity contribution in [1.29, 1.82) is 0 Å². The molecule has 0 spiro atoms. The van der Waals surface area contributed by atoms with E-state index < -0.39 is 0 Å². The van der Waals surface area contributed by atoms with Crippen LogP contribution < -0.4 is 5.32 Å². The minimum Gasteiger partial charge on any atom is -0.367 e. The van der Waals surface area contributed by atoms with Gasteiger partial charge < -0.3 is 15.2 Å². The number of rotatable bonds is 5. The molecule has 1 aliphatic rings. The Hall–Kier alpha value is -0.800. The molecule has 1 atom stereocenters. The topological polar surface area (TPSA) is 31.1 Å². The van der Waals surface area contributed by atoms with Crippen LogP contribution in [0.5, 0.6) is 0 Å². The van der Waals surface area contributed by atoms with Gasteiger partial charge in [-0.15, -0.1) is 0 Å². The zero-order valence-corrected chi connectivity index (χ0v) is 10.2. The molecule has 3 heteroatoms. The lowest BCUT2D eigenvalue weighted by atomic mass is 10.1. The summed E-state index contributed by atoms with van der Waals surface area (Å²) in [4.78, 5) is 5.67. The molecule has 1 unspecified atom stereocenters. The monoisotopic (exact) mass is 221 g/mol. The number of likely N-dealkylation sites (tertiary alicyclic amines) is 1. The summed E-state index contributed by atoms with van der Waals surface area (Å²) in [5.41, 5.74) is 1.34. The first-order valence-electron chi connectivity index (χ1n) is 6.42.